The Hall–Kier alpha value is -2.24. The molecule has 0 bridgehead atoms. The van der Waals surface area contributed by atoms with Gasteiger partial charge in [0.25, 0.3) is 5.91 Å². The second kappa shape index (κ2) is 5.39. The number of nitrogens with zero attached hydrogens (tertiary/aromatic N) is 3. The molecule has 0 saturated carbocycles. The summed E-state index contributed by atoms with van der Waals surface area (Å²) < 4.78 is 5.41. The molecule has 0 spiro atoms. The van der Waals surface area contributed by atoms with Crippen LogP contribution in [-0.2, 0) is 6.42 Å². The molecular weight excluding hydrogens is 232 g/mol. The van der Waals surface area contributed by atoms with Gasteiger partial charge in [0, 0.05) is 32.3 Å². The van der Waals surface area contributed by atoms with Crippen LogP contribution in [0.2, 0.25) is 0 Å². The first-order chi connectivity index (χ1) is 8.66. The third-order valence-electron chi connectivity index (χ3n) is 2.43. The highest BCUT2D eigenvalue weighted by atomic mass is 16.4. The Labute approximate surface area is 104 Å². The molecule has 0 atom stereocenters. The normalized spacial score (nSPS) is 10.3. The molecule has 0 unspecified atom stereocenters. The summed E-state index contributed by atoms with van der Waals surface area (Å²) in [4.78, 5) is 23.6. The smallest absolute Gasteiger partial charge is 0.271 e. The zero-order chi connectivity index (χ0) is 13.0. The fourth-order valence-corrected chi connectivity index (χ4v) is 1.60. The van der Waals surface area contributed by atoms with Crippen molar-refractivity contribution in [3.63, 3.8) is 0 Å². The van der Waals surface area contributed by atoms with Crippen LogP contribution in [0.25, 0.3) is 0 Å². The minimum absolute atomic E-state index is 0.239. The quantitative estimate of drug-likeness (QED) is 0.872. The van der Waals surface area contributed by atoms with E-state index in [1.807, 2.05) is 6.92 Å². The van der Waals surface area contributed by atoms with Crippen LogP contribution in [-0.4, -0.2) is 27.4 Å². The third kappa shape index (κ3) is 2.91. The molecule has 2 aromatic heterocycles. The Balaban J connectivity index is 1.86. The van der Waals surface area contributed by atoms with Gasteiger partial charge in [-0.15, -0.1) is 0 Å². The molecule has 2 heterocycles. The number of aromatic nitrogens is 3. The number of aryl methyl sites for hydroxylation is 2. The molecule has 0 aliphatic heterocycles. The molecule has 0 saturated heterocycles. The van der Waals surface area contributed by atoms with Gasteiger partial charge in [-0.25, -0.2) is 9.97 Å². The van der Waals surface area contributed by atoms with Crippen molar-refractivity contribution < 1.29 is 9.21 Å². The van der Waals surface area contributed by atoms with Gasteiger partial charge in [-0.05, 0) is 6.92 Å². The summed E-state index contributed by atoms with van der Waals surface area (Å²) in [5.41, 5.74) is 1.17. The lowest BCUT2D eigenvalue weighted by Crippen LogP contribution is -2.26. The average molecular weight is 246 g/mol. The van der Waals surface area contributed by atoms with E-state index in [0.29, 0.717) is 24.6 Å². The van der Waals surface area contributed by atoms with Gasteiger partial charge < -0.3 is 9.73 Å². The largest absolute Gasteiger partial charge is 0.446 e. The van der Waals surface area contributed by atoms with E-state index in [-0.39, 0.29) is 5.91 Å². The topological polar surface area (TPSA) is 80.9 Å². The van der Waals surface area contributed by atoms with Gasteiger partial charge in [0.05, 0.1) is 11.9 Å². The van der Waals surface area contributed by atoms with Crippen LogP contribution < -0.4 is 5.32 Å². The second-order valence-corrected chi connectivity index (χ2v) is 3.84. The predicted octanol–water partition coefficient (Wildman–Crippen LogP) is 1.05. The van der Waals surface area contributed by atoms with Crippen molar-refractivity contribution in [1.82, 2.24) is 20.3 Å². The van der Waals surface area contributed by atoms with Crippen molar-refractivity contribution in [2.24, 2.45) is 0 Å². The van der Waals surface area contributed by atoms with Crippen LogP contribution in [0.1, 0.15) is 27.8 Å². The summed E-state index contributed by atoms with van der Waals surface area (Å²) in [5.74, 6) is 1.20. The first kappa shape index (κ1) is 12.2. The molecule has 6 heteroatoms. The van der Waals surface area contributed by atoms with E-state index in [1.165, 1.54) is 18.6 Å². The second-order valence-electron chi connectivity index (χ2n) is 3.84. The summed E-state index contributed by atoms with van der Waals surface area (Å²) in [6.45, 7) is 4.16. The molecule has 0 aromatic carbocycles. The lowest BCUT2D eigenvalue weighted by atomic mass is 10.3. The number of carbonyl (C=O) groups is 1. The number of amides is 1. The number of hydrogen-bond donors (Lipinski definition) is 1. The lowest BCUT2D eigenvalue weighted by Gasteiger charge is -2.02. The van der Waals surface area contributed by atoms with E-state index in [0.717, 1.165) is 11.5 Å². The highest BCUT2D eigenvalue weighted by molar-refractivity contribution is 5.91. The monoisotopic (exact) mass is 246 g/mol. The maximum Gasteiger partial charge on any atom is 0.271 e. The van der Waals surface area contributed by atoms with E-state index >= 15 is 0 Å². The summed E-state index contributed by atoms with van der Waals surface area (Å²) in [6.07, 6.45) is 5.05. The van der Waals surface area contributed by atoms with Crippen LogP contribution in [0.3, 0.4) is 0 Å². The van der Waals surface area contributed by atoms with Crippen LogP contribution in [0, 0.1) is 13.8 Å². The van der Waals surface area contributed by atoms with Gasteiger partial charge in [0.15, 0.2) is 5.89 Å². The van der Waals surface area contributed by atoms with Crippen molar-refractivity contribution in [3.05, 3.63) is 41.6 Å². The fourth-order valence-electron chi connectivity index (χ4n) is 1.60. The standard InChI is InChI=1S/C12H14N4O2/c1-8-11(18-9(2)16-8)3-4-15-12(17)10-7-13-5-6-14-10/h5-7H,3-4H2,1-2H3,(H,15,17). The van der Waals surface area contributed by atoms with Crippen molar-refractivity contribution in [2.75, 3.05) is 6.54 Å². The Morgan fingerprint density at radius 3 is 2.83 bits per heavy atom. The number of carbonyl (C=O) groups excluding carboxylic acids is 1. The Kier molecular flexibility index (Phi) is 3.66. The number of hydrogen-bond acceptors (Lipinski definition) is 5. The average Bonchev–Trinajstić information content (AvgIpc) is 2.69. The van der Waals surface area contributed by atoms with Crippen molar-refractivity contribution >= 4 is 5.91 Å². The van der Waals surface area contributed by atoms with E-state index in [2.05, 4.69) is 20.3 Å². The molecule has 94 valence electrons. The van der Waals surface area contributed by atoms with Crippen molar-refractivity contribution in [2.45, 2.75) is 20.3 Å². The summed E-state index contributed by atoms with van der Waals surface area (Å²) in [6, 6.07) is 0. The minimum atomic E-state index is -0.239. The molecule has 6 nitrogen and oxygen atoms in total. The van der Waals surface area contributed by atoms with Gasteiger partial charge in [-0.1, -0.05) is 0 Å². The molecule has 0 fully saturated rings. The first-order valence-electron chi connectivity index (χ1n) is 5.64. The van der Waals surface area contributed by atoms with E-state index in [1.54, 1.807) is 6.92 Å². The molecule has 1 amide bonds. The van der Waals surface area contributed by atoms with E-state index in [9.17, 15) is 4.79 Å². The number of rotatable bonds is 4. The first-order valence-corrected chi connectivity index (χ1v) is 5.64. The van der Waals surface area contributed by atoms with Gasteiger partial charge in [0.2, 0.25) is 0 Å². The van der Waals surface area contributed by atoms with Crippen LogP contribution in [0.4, 0.5) is 0 Å². The van der Waals surface area contributed by atoms with Gasteiger partial charge in [0.1, 0.15) is 11.5 Å². The van der Waals surface area contributed by atoms with Crippen LogP contribution in [0.15, 0.2) is 23.0 Å². The van der Waals surface area contributed by atoms with Gasteiger partial charge in [-0.2, -0.15) is 0 Å². The highest BCUT2D eigenvalue weighted by Gasteiger charge is 2.09. The molecule has 2 rings (SSSR count). The maximum absolute atomic E-state index is 11.7. The molecule has 1 N–H and O–H groups in total. The van der Waals surface area contributed by atoms with E-state index < -0.39 is 0 Å². The van der Waals surface area contributed by atoms with Crippen LogP contribution >= 0.6 is 0 Å². The Morgan fingerprint density at radius 2 is 2.22 bits per heavy atom. The van der Waals surface area contributed by atoms with Crippen molar-refractivity contribution in [3.8, 4) is 0 Å². The SMILES string of the molecule is Cc1nc(C)c(CCNC(=O)c2cnccn2)o1. The molecule has 0 radical (unpaired) electrons. The molecule has 2 aromatic rings. The summed E-state index contributed by atoms with van der Waals surface area (Å²) >= 11 is 0. The Morgan fingerprint density at radius 1 is 1.39 bits per heavy atom. The molecule has 0 aliphatic rings. The zero-order valence-corrected chi connectivity index (χ0v) is 10.3. The molecular formula is C12H14N4O2. The Bertz CT molecular complexity index is 536. The third-order valence-corrected chi connectivity index (χ3v) is 2.43. The lowest BCUT2D eigenvalue weighted by molar-refractivity contribution is 0.0948. The van der Waals surface area contributed by atoms with E-state index in [4.69, 9.17) is 4.42 Å². The van der Waals surface area contributed by atoms with Crippen LogP contribution in [0.5, 0.6) is 0 Å². The maximum atomic E-state index is 11.7. The molecule has 18 heavy (non-hydrogen) atoms. The highest BCUT2D eigenvalue weighted by Crippen LogP contribution is 2.09. The summed E-state index contributed by atoms with van der Waals surface area (Å²) in [5, 5.41) is 2.75. The number of oxazole rings is 1. The molecule has 0 aliphatic carbocycles. The van der Waals surface area contributed by atoms with Gasteiger partial charge >= 0.3 is 0 Å². The number of nitrogens with one attached hydrogen (secondary N) is 1. The van der Waals surface area contributed by atoms with Gasteiger partial charge in [-0.3, -0.25) is 9.78 Å². The summed E-state index contributed by atoms with van der Waals surface area (Å²) in [7, 11) is 0. The minimum Gasteiger partial charge on any atom is -0.446 e. The fraction of sp³-hybridized carbons (Fsp3) is 0.333. The zero-order valence-electron chi connectivity index (χ0n) is 10.3. The van der Waals surface area contributed by atoms with Crippen molar-refractivity contribution in [1.29, 1.82) is 0 Å². The predicted molar refractivity (Wildman–Crippen MR) is 64.0 cm³/mol.